The van der Waals surface area contributed by atoms with Crippen molar-refractivity contribution in [2.75, 3.05) is 37.3 Å². The highest BCUT2D eigenvalue weighted by molar-refractivity contribution is 5.52. The quantitative estimate of drug-likeness (QED) is 0.863. The first-order valence-corrected chi connectivity index (χ1v) is 7.18. The normalized spacial score (nSPS) is 27.0. The van der Waals surface area contributed by atoms with Crippen molar-refractivity contribution in [1.29, 1.82) is 0 Å². The molecule has 2 fully saturated rings. The zero-order valence-electron chi connectivity index (χ0n) is 12.1. The molecule has 2 saturated heterocycles. The molecule has 2 aliphatic rings. The van der Waals surface area contributed by atoms with Gasteiger partial charge in [-0.1, -0.05) is 6.92 Å². The summed E-state index contributed by atoms with van der Waals surface area (Å²) in [5.41, 5.74) is 8.13. The second-order valence-electron chi connectivity index (χ2n) is 5.83. The number of nitrogen functional groups attached to an aromatic ring is 1. The number of hydrogen-bond donors (Lipinski definition) is 1. The maximum absolute atomic E-state index is 5.86. The van der Waals surface area contributed by atoms with E-state index in [1.165, 1.54) is 18.5 Å². The fourth-order valence-electron chi connectivity index (χ4n) is 3.57. The highest BCUT2D eigenvalue weighted by Crippen LogP contribution is 2.34. The number of anilines is 2. The maximum atomic E-state index is 5.86. The number of likely N-dealkylation sites (tertiary alicyclic amines) is 1. The van der Waals surface area contributed by atoms with E-state index < -0.39 is 0 Å². The van der Waals surface area contributed by atoms with Crippen molar-refractivity contribution in [3.63, 3.8) is 0 Å². The summed E-state index contributed by atoms with van der Waals surface area (Å²) in [5, 5.41) is 0. The average Bonchev–Trinajstić information content (AvgIpc) is 2.94. The zero-order valence-corrected chi connectivity index (χ0v) is 12.1. The number of nitrogens with zero attached hydrogens (tertiary/aromatic N) is 4. The van der Waals surface area contributed by atoms with E-state index in [0.717, 1.165) is 36.9 Å². The average molecular weight is 261 g/mol. The topological polar surface area (TPSA) is 58.3 Å². The molecule has 1 aromatic heterocycles. The molecule has 2 atom stereocenters. The van der Waals surface area contributed by atoms with Gasteiger partial charge in [0.25, 0.3) is 0 Å². The number of fused-ring (bicyclic) bond motifs is 1. The van der Waals surface area contributed by atoms with Crippen LogP contribution in [0.3, 0.4) is 0 Å². The van der Waals surface area contributed by atoms with E-state index in [1.54, 1.807) is 0 Å². The van der Waals surface area contributed by atoms with Crippen molar-refractivity contribution in [1.82, 2.24) is 14.9 Å². The van der Waals surface area contributed by atoms with Crippen LogP contribution in [-0.4, -0.2) is 47.6 Å². The summed E-state index contributed by atoms with van der Waals surface area (Å²) in [4.78, 5) is 13.7. The van der Waals surface area contributed by atoms with Crippen LogP contribution in [0.2, 0.25) is 0 Å². The van der Waals surface area contributed by atoms with E-state index in [1.807, 2.05) is 0 Å². The SMILES string of the molecule is CCc1nc(N)nc(N2C[C@H]3CCN(C)[C@H]3C2)c1C. The van der Waals surface area contributed by atoms with E-state index in [0.29, 0.717) is 12.0 Å². The summed E-state index contributed by atoms with van der Waals surface area (Å²) < 4.78 is 0. The van der Waals surface area contributed by atoms with Crippen LogP contribution in [0.15, 0.2) is 0 Å². The highest BCUT2D eigenvalue weighted by Gasteiger charge is 2.40. The molecule has 2 aliphatic heterocycles. The molecule has 2 N–H and O–H groups in total. The monoisotopic (exact) mass is 261 g/mol. The molecule has 3 heterocycles. The molecule has 0 radical (unpaired) electrons. The van der Waals surface area contributed by atoms with Crippen LogP contribution in [0, 0.1) is 12.8 Å². The van der Waals surface area contributed by atoms with Gasteiger partial charge < -0.3 is 15.5 Å². The third kappa shape index (κ3) is 2.06. The van der Waals surface area contributed by atoms with Crippen molar-refractivity contribution >= 4 is 11.8 Å². The second-order valence-corrected chi connectivity index (χ2v) is 5.83. The summed E-state index contributed by atoms with van der Waals surface area (Å²) in [7, 11) is 2.23. The van der Waals surface area contributed by atoms with Gasteiger partial charge in [0.1, 0.15) is 5.82 Å². The second kappa shape index (κ2) is 4.63. The van der Waals surface area contributed by atoms with Crippen molar-refractivity contribution in [2.24, 2.45) is 5.92 Å². The first kappa shape index (κ1) is 12.7. The zero-order chi connectivity index (χ0) is 13.6. The molecule has 19 heavy (non-hydrogen) atoms. The Labute approximate surface area is 114 Å². The molecule has 0 aromatic carbocycles. The predicted molar refractivity (Wildman–Crippen MR) is 77.3 cm³/mol. The molecular formula is C14H23N5. The largest absolute Gasteiger partial charge is 0.368 e. The van der Waals surface area contributed by atoms with Gasteiger partial charge in [-0.05, 0) is 39.3 Å². The lowest BCUT2D eigenvalue weighted by Crippen LogP contribution is -2.32. The lowest BCUT2D eigenvalue weighted by atomic mass is 10.1. The molecule has 0 saturated carbocycles. The van der Waals surface area contributed by atoms with Gasteiger partial charge in [0.05, 0.1) is 5.69 Å². The Morgan fingerprint density at radius 3 is 2.79 bits per heavy atom. The Morgan fingerprint density at radius 2 is 2.11 bits per heavy atom. The number of aromatic nitrogens is 2. The van der Waals surface area contributed by atoms with Crippen LogP contribution in [0.25, 0.3) is 0 Å². The van der Waals surface area contributed by atoms with Crippen LogP contribution in [0.1, 0.15) is 24.6 Å². The van der Waals surface area contributed by atoms with Gasteiger partial charge >= 0.3 is 0 Å². The van der Waals surface area contributed by atoms with Crippen LogP contribution < -0.4 is 10.6 Å². The van der Waals surface area contributed by atoms with Crippen molar-refractivity contribution in [3.8, 4) is 0 Å². The van der Waals surface area contributed by atoms with E-state index >= 15 is 0 Å². The van der Waals surface area contributed by atoms with E-state index in [9.17, 15) is 0 Å². The van der Waals surface area contributed by atoms with E-state index in [-0.39, 0.29) is 0 Å². The van der Waals surface area contributed by atoms with Gasteiger partial charge in [0, 0.05) is 24.7 Å². The Balaban J connectivity index is 1.90. The predicted octanol–water partition coefficient (Wildman–Crippen LogP) is 1.07. The first-order valence-electron chi connectivity index (χ1n) is 7.18. The smallest absolute Gasteiger partial charge is 0.222 e. The Morgan fingerprint density at radius 1 is 1.32 bits per heavy atom. The summed E-state index contributed by atoms with van der Waals surface area (Å²) in [6.45, 7) is 7.64. The number of likely N-dealkylation sites (N-methyl/N-ethyl adjacent to an activating group) is 1. The molecule has 1 aromatic rings. The summed E-state index contributed by atoms with van der Waals surface area (Å²) in [5.74, 6) is 2.24. The van der Waals surface area contributed by atoms with Crippen molar-refractivity contribution in [2.45, 2.75) is 32.7 Å². The molecule has 0 amide bonds. The molecule has 0 bridgehead atoms. The highest BCUT2D eigenvalue weighted by atomic mass is 15.3. The minimum absolute atomic E-state index is 0.405. The van der Waals surface area contributed by atoms with Gasteiger partial charge in [-0.3, -0.25) is 0 Å². The number of rotatable bonds is 2. The van der Waals surface area contributed by atoms with Crippen molar-refractivity contribution < 1.29 is 0 Å². The third-order valence-electron chi connectivity index (χ3n) is 4.70. The lowest BCUT2D eigenvalue weighted by molar-refractivity contribution is 0.310. The summed E-state index contributed by atoms with van der Waals surface area (Å²) in [6.07, 6.45) is 2.21. The van der Waals surface area contributed by atoms with Crippen LogP contribution in [0.5, 0.6) is 0 Å². The maximum Gasteiger partial charge on any atom is 0.222 e. The number of aryl methyl sites for hydroxylation is 1. The first-order chi connectivity index (χ1) is 9.10. The van der Waals surface area contributed by atoms with Crippen molar-refractivity contribution in [3.05, 3.63) is 11.3 Å². The molecule has 104 valence electrons. The fraction of sp³-hybridized carbons (Fsp3) is 0.714. The van der Waals surface area contributed by atoms with E-state index in [2.05, 4.69) is 40.7 Å². The van der Waals surface area contributed by atoms with Gasteiger partial charge in [0.2, 0.25) is 5.95 Å². The molecule has 0 spiro atoms. The van der Waals surface area contributed by atoms with Crippen LogP contribution >= 0.6 is 0 Å². The van der Waals surface area contributed by atoms with Gasteiger partial charge in [-0.2, -0.15) is 4.98 Å². The lowest BCUT2D eigenvalue weighted by Gasteiger charge is -2.23. The molecule has 5 heteroatoms. The Bertz CT molecular complexity index is 487. The Kier molecular flexibility index (Phi) is 3.09. The minimum atomic E-state index is 0.405. The van der Waals surface area contributed by atoms with Gasteiger partial charge in [0.15, 0.2) is 0 Å². The van der Waals surface area contributed by atoms with E-state index in [4.69, 9.17) is 5.73 Å². The summed E-state index contributed by atoms with van der Waals surface area (Å²) in [6, 6.07) is 0.681. The van der Waals surface area contributed by atoms with Crippen LogP contribution in [0.4, 0.5) is 11.8 Å². The molecule has 0 aliphatic carbocycles. The molecular weight excluding hydrogens is 238 g/mol. The molecule has 0 unspecified atom stereocenters. The van der Waals surface area contributed by atoms with Crippen LogP contribution in [-0.2, 0) is 6.42 Å². The van der Waals surface area contributed by atoms with Gasteiger partial charge in [-0.15, -0.1) is 0 Å². The third-order valence-corrected chi connectivity index (χ3v) is 4.70. The number of nitrogens with two attached hydrogens (primary N) is 1. The molecule has 3 rings (SSSR count). The molecule has 5 nitrogen and oxygen atoms in total. The minimum Gasteiger partial charge on any atom is -0.368 e. The fourth-order valence-corrected chi connectivity index (χ4v) is 3.57. The Hall–Kier alpha value is -1.36. The number of hydrogen-bond acceptors (Lipinski definition) is 5. The standard InChI is InChI=1S/C14H23N5/c1-4-11-9(2)13(17-14(15)16-11)19-7-10-5-6-18(3)12(10)8-19/h10,12H,4-8H2,1-3H3,(H2,15,16,17)/t10-,12+/m1/s1. The van der Waals surface area contributed by atoms with Gasteiger partial charge in [-0.25, -0.2) is 4.98 Å². The summed E-state index contributed by atoms with van der Waals surface area (Å²) >= 11 is 0.